The second kappa shape index (κ2) is 6.71. The van der Waals surface area contributed by atoms with Gasteiger partial charge in [0.1, 0.15) is 11.7 Å². The van der Waals surface area contributed by atoms with Crippen molar-refractivity contribution < 1.29 is 22.9 Å². The Morgan fingerprint density at radius 3 is 2.56 bits per heavy atom. The first-order valence-corrected chi connectivity index (χ1v) is 7.26. The van der Waals surface area contributed by atoms with Gasteiger partial charge in [-0.3, -0.25) is 19.6 Å². The van der Waals surface area contributed by atoms with E-state index < -0.39 is 34.4 Å². The molecule has 0 fully saturated rings. The van der Waals surface area contributed by atoms with Crippen molar-refractivity contribution in [1.29, 1.82) is 0 Å². The van der Waals surface area contributed by atoms with E-state index >= 15 is 0 Å². The number of nitro groups is 1. The molecule has 0 radical (unpaired) electrons. The van der Waals surface area contributed by atoms with Crippen LogP contribution in [0.4, 0.5) is 24.5 Å². The van der Waals surface area contributed by atoms with Crippen molar-refractivity contribution in [2.75, 3.05) is 5.32 Å². The first kappa shape index (κ1) is 18.7. The normalized spacial score (nSPS) is 12.7. The predicted molar refractivity (Wildman–Crippen MR) is 83.4 cm³/mol. The number of benzene rings is 1. The topological polar surface area (TPSA) is 90.1 Å². The first-order chi connectivity index (χ1) is 11.5. The van der Waals surface area contributed by atoms with Crippen LogP contribution in [0.25, 0.3) is 0 Å². The van der Waals surface area contributed by atoms with Crippen LogP contribution in [0.1, 0.15) is 24.4 Å². The first-order valence-electron chi connectivity index (χ1n) is 6.89. The third kappa shape index (κ3) is 4.08. The van der Waals surface area contributed by atoms with Crippen molar-refractivity contribution in [2.24, 2.45) is 0 Å². The molecule has 25 heavy (non-hydrogen) atoms. The standard InChI is InChI=1S/C14H12ClF3N4O3/c1-7-5-12(14(16,17)18)20-21(7)8(2)13(23)19-10-4-3-9(15)6-11(10)22(24)25/h3-6,8H,1-2H3,(H,19,23). The second-order valence-electron chi connectivity index (χ2n) is 5.20. The van der Waals surface area contributed by atoms with Crippen molar-refractivity contribution in [1.82, 2.24) is 9.78 Å². The van der Waals surface area contributed by atoms with Gasteiger partial charge in [0.25, 0.3) is 5.69 Å². The number of alkyl halides is 3. The van der Waals surface area contributed by atoms with Gasteiger partial charge >= 0.3 is 6.18 Å². The zero-order valence-corrected chi connectivity index (χ0v) is 13.7. The third-order valence-electron chi connectivity index (χ3n) is 3.37. The molecule has 0 aliphatic rings. The van der Waals surface area contributed by atoms with E-state index in [-0.39, 0.29) is 16.4 Å². The van der Waals surface area contributed by atoms with E-state index in [0.29, 0.717) is 0 Å². The van der Waals surface area contributed by atoms with Gasteiger partial charge < -0.3 is 5.32 Å². The zero-order valence-electron chi connectivity index (χ0n) is 13.0. The van der Waals surface area contributed by atoms with E-state index in [1.807, 2.05) is 0 Å². The number of hydrogen-bond donors (Lipinski definition) is 1. The zero-order chi connectivity index (χ0) is 18.9. The molecular weight excluding hydrogens is 365 g/mol. The van der Waals surface area contributed by atoms with Gasteiger partial charge in [-0.05, 0) is 32.0 Å². The maximum absolute atomic E-state index is 12.7. The number of nitrogens with one attached hydrogen (secondary N) is 1. The number of aryl methyl sites for hydroxylation is 1. The summed E-state index contributed by atoms with van der Waals surface area (Å²) in [6, 6.07) is 3.33. The highest BCUT2D eigenvalue weighted by atomic mass is 35.5. The SMILES string of the molecule is Cc1cc(C(F)(F)F)nn1C(C)C(=O)Nc1ccc(Cl)cc1[N+](=O)[O-]. The van der Waals surface area contributed by atoms with Crippen molar-refractivity contribution in [3.8, 4) is 0 Å². The number of nitro benzene ring substituents is 1. The van der Waals surface area contributed by atoms with Gasteiger partial charge in [0.05, 0.1) is 4.92 Å². The molecule has 0 bridgehead atoms. The van der Waals surface area contributed by atoms with Crippen molar-refractivity contribution >= 4 is 28.9 Å². The van der Waals surface area contributed by atoms with Crippen molar-refractivity contribution in [3.63, 3.8) is 0 Å². The number of halogens is 4. The van der Waals surface area contributed by atoms with E-state index in [4.69, 9.17) is 11.6 Å². The summed E-state index contributed by atoms with van der Waals surface area (Å²) in [6.07, 6.45) is -4.64. The molecule has 0 saturated heterocycles. The fourth-order valence-electron chi connectivity index (χ4n) is 2.13. The van der Waals surface area contributed by atoms with Crippen molar-refractivity contribution in [2.45, 2.75) is 26.1 Å². The Balaban J connectivity index is 2.28. The van der Waals surface area contributed by atoms with Gasteiger partial charge in [0, 0.05) is 16.8 Å². The van der Waals surface area contributed by atoms with Gasteiger partial charge in [0.15, 0.2) is 5.69 Å². The lowest BCUT2D eigenvalue weighted by atomic mass is 10.2. The summed E-state index contributed by atoms with van der Waals surface area (Å²) in [5.41, 5.74) is -1.55. The second-order valence-corrected chi connectivity index (χ2v) is 5.63. The van der Waals surface area contributed by atoms with E-state index in [2.05, 4.69) is 10.4 Å². The summed E-state index contributed by atoms with van der Waals surface area (Å²) in [6.45, 7) is 2.70. The van der Waals surface area contributed by atoms with Crippen LogP contribution in [0.3, 0.4) is 0 Å². The average Bonchev–Trinajstić information content (AvgIpc) is 2.90. The summed E-state index contributed by atoms with van der Waals surface area (Å²) < 4.78 is 39.0. The summed E-state index contributed by atoms with van der Waals surface area (Å²) in [5.74, 6) is -0.759. The number of aromatic nitrogens is 2. The summed E-state index contributed by atoms with van der Waals surface area (Å²) in [4.78, 5) is 22.6. The Morgan fingerprint density at radius 1 is 1.40 bits per heavy atom. The minimum absolute atomic E-state index is 0.107. The molecule has 1 aromatic carbocycles. The van der Waals surface area contributed by atoms with Gasteiger partial charge in [-0.15, -0.1) is 0 Å². The number of rotatable bonds is 4. The number of carbonyl (C=O) groups is 1. The molecule has 2 aromatic rings. The monoisotopic (exact) mass is 376 g/mol. The van der Waals surface area contributed by atoms with Gasteiger partial charge in [-0.2, -0.15) is 18.3 Å². The van der Waals surface area contributed by atoms with Crippen LogP contribution < -0.4 is 5.32 Å². The third-order valence-corrected chi connectivity index (χ3v) is 3.61. The van der Waals surface area contributed by atoms with Crippen LogP contribution >= 0.6 is 11.6 Å². The van der Waals surface area contributed by atoms with Gasteiger partial charge in [-0.25, -0.2) is 0 Å². The average molecular weight is 377 g/mol. The minimum Gasteiger partial charge on any atom is -0.319 e. The maximum atomic E-state index is 12.7. The van der Waals surface area contributed by atoms with Crippen LogP contribution in [-0.2, 0) is 11.0 Å². The Kier molecular flexibility index (Phi) is 5.02. The van der Waals surface area contributed by atoms with Gasteiger partial charge in [0.2, 0.25) is 5.91 Å². The molecule has 0 saturated carbocycles. The fraction of sp³-hybridized carbons (Fsp3) is 0.286. The molecule has 0 aliphatic heterocycles. The van der Waals surface area contributed by atoms with Crippen LogP contribution in [-0.4, -0.2) is 20.6 Å². The van der Waals surface area contributed by atoms with Crippen LogP contribution in [0, 0.1) is 17.0 Å². The Hall–Kier alpha value is -2.62. The molecule has 7 nitrogen and oxygen atoms in total. The summed E-state index contributed by atoms with van der Waals surface area (Å²) >= 11 is 5.68. The highest BCUT2D eigenvalue weighted by Gasteiger charge is 2.35. The van der Waals surface area contributed by atoms with Crippen molar-refractivity contribution in [3.05, 3.63) is 50.8 Å². The van der Waals surface area contributed by atoms with Crippen LogP contribution in [0.5, 0.6) is 0 Å². The smallest absolute Gasteiger partial charge is 0.319 e. The lowest BCUT2D eigenvalue weighted by Crippen LogP contribution is -2.26. The molecule has 2 rings (SSSR count). The molecule has 11 heteroatoms. The summed E-state index contributed by atoms with van der Waals surface area (Å²) in [5, 5.41) is 16.8. The molecule has 1 N–H and O–H groups in total. The molecule has 1 atom stereocenters. The Labute approximate surface area is 144 Å². The predicted octanol–water partition coefficient (Wildman–Crippen LogP) is 3.97. The lowest BCUT2D eigenvalue weighted by Gasteiger charge is -2.14. The van der Waals surface area contributed by atoms with E-state index in [9.17, 15) is 28.1 Å². The number of anilines is 1. The molecule has 0 spiro atoms. The van der Waals surface area contributed by atoms with Crippen LogP contribution in [0.2, 0.25) is 5.02 Å². The number of nitrogens with zero attached hydrogens (tertiary/aromatic N) is 3. The van der Waals surface area contributed by atoms with E-state index in [1.54, 1.807) is 0 Å². The molecular formula is C14H12ClF3N4O3. The molecule has 1 unspecified atom stereocenters. The Morgan fingerprint density at radius 2 is 2.04 bits per heavy atom. The largest absolute Gasteiger partial charge is 0.435 e. The number of hydrogen-bond acceptors (Lipinski definition) is 4. The van der Waals surface area contributed by atoms with E-state index in [0.717, 1.165) is 16.8 Å². The molecule has 134 valence electrons. The maximum Gasteiger partial charge on any atom is 0.435 e. The Bertz CT molecular complexity index is 835. The fourth-order valence-corrected chi connectivity index (χ4v) is 2.29. The van der Waals surface area contributed by atoms with E-state index in [1.165, 1.54) is 26.0 Å². The minimum atomic E-state index is -4.64. The number of amides is 1. The molecule has 1 amide bonds. The molecule has 1 heterocycles. The molecule has 1 aromatic heterocycles. The van der Waals surface area contributed by atoms with Crippen LogP contribution in [0.15, 0.2) is 24.3 Å². The number of carbonyl (C=O) groups excluding carboxylic acids is 1. The quantitative estimate of drug-likeness (QED) is 0.645. The highest BCUT2D eigenvalue weighted by Crippen LogP contribution is 2.31. The summed E-state index contributed by atoms with van der Waals surface area (Å²) in [7, 11) is 0. The highest BCUT2D eigenvalue weighted by molar-refractivity contribution is 6.31. The molecule has 0 aliphatic carbocycles. The van der Waals surface area contributed by atoms with Gasteiger partial charge in [-0.1, -0.05) is 11.6 Å². The lowest BCUT2D eigenvalue weighted by molar-refractivity contribution is -0.383.